The van der Waals surface area contributed by atoms with Crippen LogP contribution >= 0.6 is 0 Å². The predicted octanol–water partition coefficient (Wildman–Crippen LogP) is 2.92. The van der Waals surface area contributed by atoms with Gasteiger partial charge >= 0.3 is 0 Å². The Labute approximate surface area is 167 Å². The Morgan fingerprint density at radius 2 is 1.82 bits per heavy atom. The standard InChI is InChI=1S/C22H28N2O3S/c25-28(26,21-11-10-18-6-4-5-9-20(18)16-21)23-12-13-24-14-15-27-22(17-24)19-7-2-1-3-8-19/h1-3,7-8,10-11,16,22-23H,4-6,9,12-15,17H2. The molecule has 1 aliphatic heterocycles. The molecule has 1 unspecified atom stereocenters. The molecule has 2 aromatic rings. The van der Waals surface area contributed by atoms with E-state index in [1.165, 1.54) is 23.1 Å². The second kappa shape index (κ2) is 8.74. The molecule has 1 N–H and O–H groups in total. The third-order valence-corrected chi connectivity index (χ3v) is 7.13. The summed E-state index contributed by atoms with van der Waals surface area (Å²) in [5, 5.41) is 0. The van der Waals surface area contributed by atoms with Crippen LogP contribution in [0.2, 0.25) is 0 Å². The molecule has 4 rings (SSSR count). The van der Waals surface area contributed by atoms with E-state index in [4.69, 9.17) is 4.74 Å². The first-order chi connectivity index (χ1) is 13.6. The summed E-state index contributed by atoms with van der Waals surface area (Å²) in [5.74, 6) is 0. The van der Waals surface area contributed by atoms with Gasteiger partial charge in [0, 0.05) is 26.2 Å². The number of morpholine rings is 1. The van der Waals surface area contributed by atoms with Gasteiger partial charge in [-0.2, -0.15) is 0 Å². The molecule has 0 aromatic heterocycles. The lowest BCUT2D eigenvalue weighted by molar-refractivity contribution is -0.0291. The summed E-state index contributed by atoms with van der Waals surface area (Å²) in [5.41, 5.74) is 3.65. The predicted molar refractivity (Wildman–Crippen MR) is 110 cm³/mol. The summed E-state index contributed by atoms with van der Waals surface area (Å²) >= 11 is 0. The summed E-state index contributed by atoms with van der Waals surface area (Å²) in [6.07, 6.45) is 4.42. The van der Waals surface area contributed by atoms with Crippen molar-refractivity contribution in [2.45, 2.75) is 36.7 Å². The Morgan fingerprint density at radius 1 is 1.04 bits per heavy atom. The van der Waals surface area contributed by atoms with E-state index in [9.17, 15) is 8.42 Å². The lowest BCUT2D eigenvalue weighted by atomic mass is 9.92. The molecule has 0 saturated carbocycles. The Bertz CT molecular complexity index is 899. The molecular formula is C22H28N2O3S. The van der Waals surface area contributed by atoms with Crippen LogP contribution in [0.15, 0.2) is 53.4 Å². The number of hydrogen-bond acceptors (Lipinski definition) is 4. The Balaban J connectivity index is 1.33. The number of hydrogen-bond donors (Lipinski definition) is 1. The minimum absolute atomic E-state index is 0.0483. The monoisotopic (exact) mass is 400 g/mol. The number of nitrogens with zero attached hydrogens (tertiary/aromatic N) is 1. The van der Waals surface area contributed by atoms with Gasteiger partial charge < -0.3 is 4.74 Å². The average Bonchev–Trinajstić information content (AvgIpc) is 2.74. The zero-order valence-electron chi connectivity index (χ0n) is 16.1. The molecule has 1 heterocycles. The van der Waals surface area contributed by atoms with E-state index in [1.807, 2.05) is 30.3 Å². The highest BCUT2D eigenvalue weighted by Crippen LogP contribution is 2.24. The maximum Gasteiger partial charge on any atom is 0.240 e. The molecular weight excluding hydrogens is 372 g/mol. The van der Waals surface area contributed by atoms with Crippen LogP contribution < -0.4 is 4.72 Å². The molecule has 2 aliphatic rings. The molecule has 0 bridgehead atoms. The van der Waals surface area contributed by atoms with Gasteiger partial charge in [0.15, 0.2) is 0 Å². The Kier molecular flexibility index (Phi) is 6.11. The first-order valence-corrected chi connectivity index (χ1v) is 11.6. The second-order valence-electron chi connectivity index (χ2n) is 7.61. The highest BCUT2D eigenvalue weighted by atomic mass is 32.2. The van der Waals surface area contributed by atoms with Gasteiger partial charge in [-0.05, 0) is 54.5 Å². The Morgan fingerprint density at radius 3 is 2.64 bits per heavy atom. The molecule has 2 aromatic carbocycles. The fourth-order valence-electron chi connectivity index (χ4n) is 4.07. The third kappa shape index (κ3) is 4.63. The summed E-state index contributed by atoms with van der Waals surface area (Å²) in [6, 6.07) is 15.8. The van der Waals surface area contributed by atoms with Gasteiger partial charge in [-0.25, -0.2) is 13.1 Å². The van der Waals surface area contributed by atoms with E-state index in [0.717, 1.165) is 32.4 Å². The van der Waals surface area contributed by atoms with Gasteiger partial charge in [0.05, 0.1) is 17.6 Å². The molecule has 0 radical (unpaired) electrons. The normalized spacial score (nSPS) is 20.6. The minimum atomic E-state index is -3.47. The van der Waals surface area contributed by atoms with Crippen LogP contribution in [-0.4, -0.2) is 46.1 Å². The van der Waals surface area contributed by atoms with Gasteiger partial charge in [-0.1, -0.05) is 36.4 Å². The van der Waals surface area contributed by atoms with Gasteiger partial charge in [0.1, 0.15) is 0 Å². The van der Waals surface area contributed by atoms with Crippen molar-refractivity contribution in [2.24, 2.45) is 0 Å². The fourth-order valence-corrected chi connectivity index (χ4v) is 5.14. The number of sulfonamides is 1. The fraction of sp³-hybridized carbons (Fsp3) is 0.455. The van der Waals surface area contributed by atoms with Crippen molar-refractivity contribution in [3.05, 3.63) is 65.2 Å². The third-order valence-electron chi connectivity index (χ3n) is 5.67. The van der Waals surface area contributed by atoms with Crippen molar-refractivity contribution < 1.29 is 13.2 Å². The number of nitrogens with one attached hydrogen (secondary N) is 1. The minimum Gasteiger partial charge on any atom is -0.371 e. The van der Waals surface area contributed by atoms with Crippen molar-refractivity contribution >= 4 is 10.0 Å². The summed E-state index contributed by atoms with van der Waals surface area (Å²) in [7, 11) is -3.47. The SMILES string of the molecule is O=S(=O)(NCCN1CCOC(c2ccccc2)C1)c1ccc2c(c1)CCCC2. The molecule has 150 valence electrons. The maximum absolute atomic E-state index is 12.7. The van der Waals surface area contributed by atoms with E-state index in [1.54, 1.807) is 6.07 Å². The molecule has 6 heteroatoms. The molecule has 28 heavy (non-hydrogen) atoms. The zero-order valence-corrected chi connectivity index (χ0v) is 17.0. The molecule has 1 aliphatic carbocycles. The van der Waals surface area contributed by atoms with Crippen LogP contribution in [0.1, 0.15) is 35.6 Å². The van der Waals surface area contributed by atoms with Gasteiger partial charge in [0.2, 0.25) is 10.0 Å². The van der Waals surface area contributed by atoms with E-state index < -0.39 is 10.0 Å². The number of ether oxygens (including phenoxy) is 1. The largest absolute Gasteiger partial charge is 0.371 e. The van der Waals surface area contributed by atoms with Crippen LogP contribution in [0.5, 0.6) is 0 Å². The second-order valence-corrected chi connectivity index (χ2v) is 9.37. The van der Waals surface area contributed by atoms with Crippen LogP contribution in [-0.2, 0) is 27.6 Å². The van der Waals surface area contributed by atoms with E-state index in [0.29, 0.717) is 24.6 Å². The maximum atomic E-state index is 12.7. The van der Waals surface area contributed by atoms with Crippen molar-refractivity contribution in [3.63, 3.8) is 0 Å². The lowest BCUT2D eigenvalue weighted by Gasteiger charge is -2.33. The Hall–Kier alpha value is -1.73. The van der Waals surface area contributed by atoms with Crippen molar-refractivity contribution in [1.29, 1.82) is 0 Å². The van der Waals surface area contributed by atoms with Crippen LogP contribution in [0.3, 0.4) is 0 Å². The van der Waals surface area contributed by atoms with Gasteiger partial charge in [-0.15, -0.1) is 0 Å². The summed E-state index contributed by atoms with van der Waals surface area (Å²) < 4.78 is 34.0. The summed E-state index contributed by atoms with van der Waals surface area (Å²) in [6.45, 7) is 3.35. The lowest BCUT2D eigenvalue weighted by Crippen LogP contribution is -2.42. The first kappa shape index (κ1) is 19.6. The van der Waals surface area contributed by atoms with Crippen LogP contribution in [0, 0.1) is 0 Å². The molecule has 1 atom stereocenters. The quantitative estimate of drug-likeness (QED) is 0.810. The summed E-state index contributed by atoms with van der Waals surface area (Å²) in [4.78, 5) is 2.65. The molecule has 5 nitrogen and oxygen atoms in total. The molecule has 0 spiro atoms. The van der Waals surface area contributed by atoms with Gasteiger partial charge in [-0.3, -0.25) is 4.90 Å². The topological polar surface area (TPSA) is 58.6 Å². The highest BCUT2D eigenvalue weighted by molar-refractivity contribution is 7.89. The van der Waals surface area contributed by atoms with E-state index in [2.05, 4.69) is 21.8 Å². The molecule has 1 saturated heterocycles. The number of aryl methyl sites for hydroxylation is 2. The van der Waals surface area contributed by atoms with Crippen molar-refractivity contribution in [3.8, 4) is 0 Å². The van der Waals surface area contributed by atoms with E-state index in [-0.39, 0.29) is 6.10 Å². The molecule has 1 fully saturated rings. The number of fused-ring (bicyclic) bond motifs is 1. The van der Waals surface area contributed by atoms with Crippen molar-refractivity contribution in [1.82, 2.24) is 9.62 Å². The first-order valence-electron chi connectivity index (χ1n) is 10.1. The number of rotatable bonds is 6. The molecule has 0 amide bonds. The number of benzene rings is 2. The van der Waals surface area contributed by atoms with E-state index >= 15 is 0 Å². The van der Waals surface area contributed by atoms with Crippen LogP contribution in [0.25, 0.3) is 0 Å². The smallest absolute Gasteiger partial charge is 0.240 e. The zero-order chi connectivity index (χ0) is 19.4. The van der Waals surface area contributed by atoms with Crippen LogP contribution in [0.4, 0.5) is 0 Å². The highest BCUT2D eigenvalue weighted by Gasteiger charge is 2.22. The van der Waals surface area contributed by atoms with Gasteiger partial charge in [0.25, 0.3) is 0 Å². The average molecular weight is 401 g/mol. The van der Waals surface area contributed by atoms with Crippen molar-refractivity contribution in [2.75, 3.05) is 32.8 Å².